The van der Waals surface area contributed by atoms with Crippen molar-refractivity contribution < 1.29 is 5.11 Å². The van der Waals surface area contributed by atoms with Crippen LogP contribution in [0, 0.1) is 5.41 Å². The molecule has 0 aromatic heterocycles. The van der Waals surface area contributed by atoms with Gasteiger partial charge in [0, 0.05) is 0 Å². The Bertz CT molecular complexity index is 141. The van der Waals surface area contributed by atoms with Crippen LogP contribution in [0.25, 0.3) is 0 Å². The Kier molecular flexibility index (Phi) is 5.85. The molecule has 0 rings (SSSR count). The van der Waals surface area contributed by atoms with Crippen molar-refractivity contribution in [3.05, 3.63) is 11.1 Å². The Morgan fingerprint density at radius 2 is 2.08 bits per heavy atom. The predicted molar refractivity (Wildman–Crippen MR) is 57.4 cm³/mol. The van der Waals surface area contributed by atoms with Gasteiger partial charge in [0.05, 0.1) is 6.10 Å². The van der Waals surface area contributed by atoms with Gasteiger partial charge in [-0.2, -0.15) is 0 Å². The highest BCUT2D eigenvalue weighted by molar-refractivity contribution is 9.11. The summed E-state index contributed by atoms with van der Waals surface area (Å²) in [6.07, 6.45) is 4.88. The molecule has 0 aromatic carbocycles. The third kappa shape index (κ3) is 4.27. The summed E-state index contributed by atoms with van der Waals surface area (Å²) in [4.78, 5) is 1.73. The molecule has 0 fully saturated rings. The van der Waals surface area contributed by atoms with Crippen LogP contribution in [-0.4, -0.2) is 11.2 Å². The highest BCUT2D eigenvalue weighted by Gasteiger charge is 2.24. The van der Waals surface area contributed by atoms with E-state index in [0.29, 0.717) is 0 Å². The van der Waals surface area contributed by atoms with Crippen LogP contribution in [0.1, 0.15) is 40.0 Å². The van der Waals surface area contributed by atoms with Crippen LogP contribution in [0.4, 0.5) is 0 Å². The minimum atomic E-state index is -0.344. The smallest absolute Gasteiger partial charge is 0.0779 e. The second-order valence-electron chi connectivity index (χ2n) is 3.86. The standard InChI is InChI=1S/C10H19BrO/c1-4-5-7-10(2,3)9(12)6-8-11/h6,8-9,12H,4-5,7H2,1-3H3/b8-6+. The van der Waals surface area contributed by atoms with E-state index < -0.39 is 0 Å². The molecule has 0 aliphatic rings. The third-order valence-electron chi connectivity index (χ3n) is 2.23. The number of hydrogen-bond donors (Lipinski definition) is 1. The minimum absolute atomic E-state index is 0.000278. The maximum atomic E-state index is 9.69. The quantitative estimate of drug-likeness (QED) is 0.773. The lowest BCUT2D eigenvalue weighted by Gasteiger charge is -2.28. The van der Waals surface area contributed by atoms with Crippen molar-refractivity contribution in [3.63, 3.8) is 0 Å². The summed E-state index contributed by atoms with van der Waals surface area (Å²) >= 11 is 3.17. The van der Waals surface area contributed by atoms with E-state index >= 15 is 0 Å². The van der Waals surface area contributed by atoms with E-state index in [4.69, 9.17) is 0 Å². The van der Waals surface area contributed by atoms with Gasteiger partial charge in [0.1, 0.15) is 0 Å². The molecule has 1 atom stereocenters. The SMILES string of the molecule is CCCCC(C)(C)C(O)/C=C/Br. The summed E-state index contributed by atoms with van der Waals surface area (Å²) in [6, 6.07) is 0. The molecule has 1 N–H and O–H groups in total. The summed E-state index contributed by atoms with van der Waals surface area (Å²) < 4.78 is 0. The van der Waals surface area contributed by atoms with Gasteiger partial charge in [-0.25, -0.2) is 0 Å². The summed E-state index contributed by atoms with van der Waals surface area (Å²) in [5.74, 6) is 0. The van der Waals surface area contributed by atoms with Gasteiger partial charge in [-0.1, -0.05) is 49.5 Å². The fraction of sp³-hybridized carbons (Fsp3) is 0.800. The van der Waals surface area contributed by atoms with Crippen molar-refractivity contribution in [1.29, 1.82) is 0 Å². The topological polar surface area (TPSA) is 20.2 Å². The zero-order valence-corrected chi connectivity index (χ0v) is 9.76. The van der Waals surface area contributed by atoms with Crippen molar-refractivity contribution in [2.24, 2.45) is 5.41 Å². The molecule has 0 aromatic rings. The number of unbranched alkanes of at least 4 members (excludes halogenated alkanes) is 1. The molecule has 1 nitrogen and oxygen atoms in total. The molecular weight excluding hydrogens is 216 g/mol. The summed E-state index contributed by atoms with van der Waals surface area (Å²) in [5, 5.41) is 9.69. The van der Waals surface area contributed by atoms with E-state index in [9.17, 15) is 5.11 Å². The van der Waals surface area contributed by atoms with Crippen LogP contribution in [0.3, 0.4) is 0 Å². The molecular formula is C10H19BrO. The van der Waals surface area contributed by atoms with Gasteiger partial charge in [0.15, 0.2) is 0 Å². The monoisotopic (exact) mass is 234 g/mol. The largest absolute Gasteiger partial charge is 0.388 e. The Morgan fingerprint density at radius 3 is 2.50 bits per heavy atom. The minimum Gasteiger partial charge on any atom is -0.388 e. The van der Waals surface area contributed by atoms with Crippen LogP contribution in [-0.2, 0) is 0 Å². The van der Waals surface area contributed by atoms with E-state index in [-0.39, 0.29) is 11.5 Å². The third-order valence-corrected chi connectivity index (χ3v) is 2.54. The van der Waals surface area contributed by atoms with E-state index in [0.717, 1.165) is 6.42 Å². The van der Waals surface area contributed by atoms with Gasteiger partial charge in [-0.3, -0.25) is 0 Å². The number of rotatable bonds is 5. The van der Waals surface area contributed by atoms with Crippen molar-refractivity contribution in [2.75, 3.05) is 0 Å². The first-order chi connectivity index (χ1) is 5.54. The van der Waals surface area contributed by atoms with Crippen LogP contribution in [0.2, 0.25) is 0 Å². The second-order valence-corrected chi connectivity index (χ2v) is 4.38. The van der Waals surface area contributed by atoms with E-state index in [2.05, 4.69) is 36.7 Å². The molecule has 0 heterocycles. The number of halogens is 1. The molecule has 0 amide bonds. The molecule has 0 aliphatic carbocycles. The highest BCUT2D eigenvalue weighted by Crippen LogP contribution is 2.28. The molecule has 0 spiro atoms. The van der Waals surface area contributed by atoms with E-state index in [1.165, 1.54) is 12.8 Å². The average Bonchev–Trinajstić information content (AvgIpc) is 2.01. The molecule has 2 heteroatoms. The molecule has 0 saturated heterocycles. The molecule has 1 unspecified atom stereocenters. The molecule has 0 saturated carbocycles. The highest BCUT2D eigenvalue weighted by atomic mass is 79.9. The predicted octanol–water partition coefficient (Wildman–Crippen LogP) is 3.47. The lowest BCUT2D eigenvalue weighted by atomic mass is 9.82. The van der Waals surface area contributed by atoms with Crippen molar-refractivity contribution in [3.8, 4) is 0 Å². The molecule has 0 aliphatic heterocycles. The first kappa shape index (κ1) is 12.2. The Hall–Kier alpha value is 0.180. The van der Waals surface area contributed by atoms with Gasteiger partial charge >= 0.3 is 0 Å². The van der Waals surface area contributed by atoms with Crippen LogP contribution in [0.5, 0.6) is 0 Å². The summed E-state index contributed by atoms with van der Waals surface area (Å²) in [7, 11) is 0. The van der Waals surface area contributed by atoms with Crippen molar-refractivity contribution >= 4 is 15.9 Å². The van der Waals surface area contributed by atoms with Gasteiger partial charge in [-0.15, -0.1) is 0 Å². The second kappa shape index (κ2) is 5.76. The van der Waals surface area contributed by atoms with Gasteiger partial charge in [0.25, 0.3) is 0 Å². The zero-order valence-electron chi connectivity index (χ0n) is 8.18. The molecule has 72 valence electrons. The maximum absolute atomic E-state index is 9.69. The molecule has 12 heavy (non-hydrogen) atoms. The maximum Gasteiger partial charge on any atom is 0.0779 e. The fourth-order valence-electron chi connectivity index (χ4n) is 1.11. The number of aliphatic hydroxyl groups is 1. The van der Waals surface area contributed by atoms with Gasteiger partial charge in [0.2, 0.25) is 0 Å². The fourth-order valence-corrected chi connectivity index (χ4v) is 1.40. The van der Waals surface area contributed by atoms with Crippen molar-refractivity contribution in [1.82, 2.24) is 0 Å². The van der Waals surface area contributed by atoms with Gasteiger partial charge in [-0.05, 0) is 22.9 Å². The number of aliphatic hydroxyl groups excluding tert-OH is 1. The van der Waals surface area contributed by atoms with Gasteiger partial charge < -0.3 is 5.11 Å². The molecule has 0 bridgehead atoms. The summed E-state index contributed by atoms with van der Waals surface area (Å²) in [6.45, 7) is 6.36. The van der Waals surface area contributed by atoms with E-state index in [1.54, 1.807) is 11.1 Å². The Balaban J connectivity index is 3.98. The Morgan fingerprint density at radius 1 is 1.50 bits per heavy atom. The summed E-state index contributed by atoms with van der Waals surface area (Å²) in [5.41, 5.74) is 0.000278. The first-order valence-corrected chi connectivity index (χ1v) is 5.41. The zero-order chi connectivity index (χ0) is 9.61. The number of hydrogen-bond acceptors (Lipinski definition) is 1. The lowest BCUT2D eigenvalue weighted by Crippen LogP contribution is -2.27. The normalized spacial score (nSPS) is 15.4. The first-order valence-electron chi connectivity index (χ1n) is 4.49. The lowest BCUT2D eigenvalue weighted by molar-refractivity contribution is 0.0818. The Labute approximate surface area is 84.0 Å². The van der Waals surface area contributed by atoms with E-state index in [1.807, 2.05) is 0 Å². The van der Waals surface area contributed by atoms with Crippen molar-refractivity contribution in [2.45, 2.75) is 46.1 Å². The van der Waals surface area contributed by atoms with Crippen LogP contribution >= 0.6 is 15.9 Å². The average molecular weight is 235 g/mol. The van der Waals surface area contributed by atoms with Crippen LogP contribution in [0.15, 0.2) is 11.1 Å². The van der Waals surface area contributed by atoms with Crippen LogP contribution < -0.4 is 0 Å². The molecule has 0 radical (unpaired) electrons.